The number of benzene rings is 2. The molecule has 0 saturated carbocycles. The lowest BCUT2D eigenvalue weighted by Gasteiger charge is -2.33. The highest BCUT2D eigenvalue weighted by atomic mass is 35.5. The van der Waals surface area contributed by atoms with Crippen molar-refractivity contribution in [1.29, 1.82) is 0 Å². The number of hydrogen-bond acceptors (Lipinski definition) is 6. The van der Waals surface area contributed by atoms with E-state index < -0.39 is 0 Å². The van der Waals surface area contributed by atoms with Crippen LogP contribution < -0.4 is 5.32 Å². The second-order valence-electron chi connectivity index (χ2n) is 7.52. The smallest absolute Gasteiger partial charge is 0.249 e. The fourth-order valence-corrected chi connectivity index (χ4v) is 3.87. The van der Waals surface area contributed by atoms with Gasteiger partial charge in [0.15, 0.2) is 0 Å². The lowest BCUT2D eigenvalue weighted by molar-refractivity contribution is -0.143. The van der Waals surface area contributed by atoms with Gasteiger partial charge in [0.1, 0.15) is 18.2 Å². The molecule has 1 unspecified atom stereocenters. The molecule has 2 heterocycles. The second kappa shape index (κ2) is 9.41. The van der Waals surface area contributed by atoms with Gasteiger partial charge in [-0.3, -0.25) is 4.79 Å². The maximum atomic E-state index is 12.5. The summed E-state index contributed by atoms with van der Waals surface area (Å²) in [4.78, 5) is 14.3. The highest BCUT2D eigenvalue weighted by Crippen LogP contribution is 2.23. The van der Waals surface area contributed by atoms with E-state index in [0.29, 0.717) is 37.1 Å². The molecule has 2 aliphatic heterocycles. The Morgan fingerprint density at radius 2 is 1.97 bits per heavy atom. The highest BCUT2D eigenvalue weighted by Gasteiger charge is 2.37. The first-order valence-electron chi connectivity index (χ1n) is 10.2. The number of halogens is 1. The van der Waals surface area contributed by atoms with Gasteiger partial charge in [-0.05, 0) is 36.2 Å². The number of phenolic OH excluding ortho intramolecular Hbond substituents is 1. The average molecular weight is 441 g/mol. The Morgan fingerprint density at radius 3 is 2.68 bits per heavy atom. The number of amides is 1. The molecule has 7 nitrogen and oxygen atoms in total. The van der Waals surface area contributed by atoms with Gasteiger partial charge >= 0.3 is 0 Å². The average Bonchev–Trinajstić information content (AvgIpc) is 3.21. The molecule has 0 bridgehead atoms. The van der Waals surface area contributed by atoms with E-state index in [0.717, 1.165) is 23.3 Å². The maximum absolute atomic E-state index is 12.5. The summed E-state index contributed by atoms with van der Waals surface area (Å²) in [6.07, 6.45) is 0.784. The summed E-state index contributed by atoms with van der Waals surface area (Å²) in [5.74, 6) is 0.894. The van der Waals surface area contributed by atoms with E-state index in [9.17, 15) is 9.90 Å². The summed E-state index contributed by atoms with van der Waals surface area (Å²) >= 11 is 6.05. The number of carbonyl (C=O) groups is 1. The van der Waals surface area contributed by atoms with Gasteiger partial charge in [-0.2, -0.15) is 5.10 Å². The van der Waals surface area contributed by atoms with Crippen LogP contribution in [0.4, 0.5) is 0 Å². The van der Waals surface area contributed by atoms with Gasteiger partial charge in [0.2, 0.25) is 5.91 Å². The Morgan fingerprint density at radius 1 is 1.23 bits per heavy atom. The van der Waals surface area contributed by atoms with Crippen molar-refractivity contribution in [3.05, 3.63) is 77.1 Å². The van der Waals surface area contributed by atoms with Crippen LogP contribution in [0.5, 0.6) is 5.75 Å². The van der Waals surface area contributed by atoms with Crippen molar-refractivity contribution < 1.29 is 14.6 Å². The number of hydrogen-bond donors (Lipinski definition) is 2. The molecule has 0 aromatic heterocycles. The highest BCUT2D eigenvalue weighted by molar-refractivity contribution is 6.30. The minimum atomic E-state index is -0.187. The summed E-state index contributed by atoms with van der Waals surface area (Å²) < 4.78 is 5.30. The predicted octanol–water partition coefficient (Wildman–Crippen LogP) is 2.60. The summed E-state index contributed by atoms with van der Waals surface area (Å²) in [5, 5.41) is 20.0. The fourth-order valence-electron chi connectivity index (χ4n) is 3.74. The van der Waals surface area contributed by atoms with E-state index >= 15 is 0 Å². The Balaban J connectivity index is 1.46. The van der Waals surface area contributed by atoms with Crippen LogP contribution in [-0.2, 0) is 16.0 Å². The lowest BCUT2D eigenvalue weighted by atomic mass is 10.0. The minimum absolute atomic E-state index is 0.0364. The molecule has 0 aliphatic carbocycles. The van der Waals surface area contributed by atoms with Crippen molar-refractivity contribution in [3.63, 3.8) is 0 Å². The zero-order chi connectivity index (χ0) is 21.8. The van der Waals surface area contributed by atoms with Crippen LogP contribution >= 0.6 is 11.6 Å². The van der Waals surface area contributed by atoms with Crippen LogP contribution in [0.2, 0.25) is 5.02 Å². The Labute approximate surface area is 186 Å². The number of morpholine rings is 1. The Bertz CT molecular complexity index is 975. The van der Waals surface area contributed by atoms with Crippen molar-refractivity contribution in [1.82, 2.24) is 15.2 Å². The van der Waals surface area contributed by atoms with Crippen molar-refractivity contribution in [2.45, 2.75) is 12.5 Å². The normalized spacial score (nSPS) is 18.8. The molecule has 1 fully saturated rings. The Hall–Kier alpha value is -3.03. The molecule has 2 aromatic rings. The number of hydrazone groups is 1. The molecule has 2 aliphatic rings. The third-order valence-electron chi connectivity index (χ3n) is 5.42. The number of ether oxygens (including phenoxy) is 1. The molecule has 8 heteroatoms. The molecule has 1 saturated heterocycles. The molecule has 1 atom stereocenters. The van der Waals surface area contributed by atoms with Crippen molar-refractivity contribution >= 4 is 23.2 Å². The number of aromatic hydroxyl groups is 1. The summed E-state index contributed by atoms with van der Waals surface area (Å²) in [5.41, 5.74) is 2.85. The standard InChI is InChI=1S/C23H25ClN4O3/c1-16(25-11-10-17-2-8-20(29)9-3-17)28-14-21(27-12-13-31-15-22(27)30)23(26-28)18-4-6-19(24)7-5-18/h2-9,21,25,29H,1,10-15H2. The van der Waals surface area contributed by atoms with Crippen LogP contribution in [0.1, 0.15) is 11.1 Å². The molecular formula is C23H25ClN4O3. The zero-order valence-electron chi connectivity index (χ0n) is 17.1. The van der Waals surface area contributed by atoms with Crippen LogP contribution in [0.15, 0.2) is 66.0 Å². The lowest BCUT2D eigenvalue weighted by Crippen LogP contribution is -2.52. The molecule has 0 spiro atoms. The molecule has 2 aromatic carbocycles. The van der Waals surface area contributed by atoms with Gasteiger partial charge in [-0.25, -0.2) is 5.01 Å². The number of rotatable bonds is 7. The number of nitrogens with zero attached hydrogens (tertiary/aromatic N) is 3. The van der Waals surface area contributed by atoms with Crippen molar-refractivity contribution in [3.8, 4) is 5.75 Å². The first-order valence-corrected chi connectivity index (χ1v) is 10.6. The van der Waals surface area contributed by atoms with Crippen LogP contribution in [0, 0.1) is 0 Å². The zero-order valence-corrected chi connectivity index (χ0v) is 17.9. The van der Waals surface area contributed by atoms with E-state index in [1.165, 1.54) is 0 Å². The molecule has 0 radical (unpaired) electrons. The second-order valence-corrected chi connectivity index (χ2v) is 7.96. The van der Waals surface area contributed by atoms with Gasteiger partial charge in [0, 0.05) is 23.7 Å². The maximum Gasteiger partial charge on any atom is 0.249 e. The molecule has 31 heavy (non-hydrogen) atoms. The third-order valence-corrected chi connectivity index (χ3v) is 5.67. The summed E-state index contributed by atoms with van der Waals surface area (Å²) in [7, 11) is 0. The van der Waals surface area contributed by atoms with Gasteiger partial charge in [-0.15, -0.1) is 0 Å². The first-order chi connectivity index (χ1) is 15.0. The Kier molecular flexibility index (Phi) is 6.44. The molecular weight excluding hydrogens is 416 g/mol. The minimum Gasteiger partial charge on any atom is -0.508 e. The molecule has 4 rings (SSSR count). The SMILES string of the molecule is C=C(NCCc1ccc(O)cc1)N1CC(N2CCOCC2=O)C(c2ccc(Cl)cc2)=N1. The largest absolute Gasteiger partial charge is 0.508 e. The quantitative estimate of drug-likeness (QED) is 0.692. The van der Waals surface area contributed by atoms with Gasteiger partial charge < -0.3 is 20.1 Å². The van der Waals surface area contributed by atoms with E-state index in [4.69, 9.17) is 21.4 Å². The van der Waals surface area contributed by atoms with Gasteiger partial charge in [0.25, 0.3) is 0 Å². The van der Waals surface area contributed by atoms with E-state index in [-0.39, 0.29) is 24.3 Å². The molecule has 162 valence electrons. The number of nitrogens with one attached hydrogen (secondary N) is 1. The van der Waals surface area contributed by atoms with Crippen LogP contribution in [0.3, 0.4) is 0 Å². The monoisotopic (exact) mass is 440 g/mol. The molecule has 1 amide bonds. The van der Waals surface area contributed by atoms with Crippen molar-refractivity contribution in [2.24, 2.45) is 5.10 Å². The fraction of sp³-hybridized carbons (Fsp3) is 0.304. The number of carbonyl (C=O) groups excluding carboxylic acids is 1. The third kappa shape index (κ3) is 5.00. The van der Waals surface area contributed by atoms with E-state index in [1.54, 1.807) is 12.1 Å². The predicted molar refractivity (Wildman–Crippen MR) is 120 cm³/mol. The van der Waals surface area contributed by atoms with E-state index in [2.05, 4.69) is 11.9 Å². The summed E-state index contributed by atoms with van der Waals surface area (Å²) in [6, 6.07) is 14.4. The molecule has 2 N–H and O–H groups in total. The van der Waals surface area contributed by atoms with E-state index in [1.807, 2.05) is 46.3 Å². The van der Waals surface area contributed by atoms with Crippen LogP contribution in [-0.4, -0.2) is 65.5 Å². The van der Waals surface area contributed by atoms with Crippen LogP contribution in [0.25, 0.3) is 0 Å². The van der Waals surface area contributed by atoms with Gasteiger partial charge in [-0.1, -0.05) is 42.4 Å². The summed E-state index contributed by atoms with van der Waals surface area (Å²) in [6.45, 7) is 6.48. The first kappa shape index (κ1) is 21.2. The number of phenols is 1. The van der Waals surface area contributed by atoms with Gasteiger partial charge in [0.05, 0.1) is 24.9 Å². The van der Waals surface area contributed by atoms with Crippen molar-refractivity contribution in [2.75, 3.05) is 32.8 Å². The topological polar surface area (TPSA) is 77.4 Å².